The van der Waals surface area contributed by atoms with Gasteiger partial charge in [-0.3, -0.25) is 0 Å². The number of rotatable bonds is 4. The van der Waals surface area contributed by atoms with Gasteiger partial charge in [0.05, 0.1) is 28.4 Å². The van der Waals surface area contributed by atoms with Gasteiger partial charge >= 0.3 is 6.03 Å². The van der Waals surface area contributed by atoms with Gasteiger partial charge in [0.1, 0.15) is 5.75 Å². The Bertz CT molecular complexity index is 717. The molecule has 4 nitrogen and oxygen atoms in total. The van der Waals surface area contributed by atoms with Crippen LogP contribution in [0.25, 0.3) is 0 Å². The molecule has 6 heteroatoms. The number of carbonyl (C=O) groups excluding carboxylic acids is 1. The molecule has 0 aliphatic carbocycles. The van der Waals surface area contributed by atoms with E-state index in [0.29, 0.717) is 21.5 Å². The number of para-hydroxylation sites is 2. The van der Waals surface area contributed by atoms with Crippen LogP contribution in [0.1, 0.15) is 19.4 Å². The Balaban J connectivity index is 2.13. The third-order valence-corrected chi connectivity index (χ3v) is 4.16. The van der Waals surface area contributed by atoms with Crippen molar-refractivity contribution < 1.29 is 9.53 Å². The molecule has 122 valence electrons. The van der Waals surface area contributed by atoms with Crippen LogP contribution < -0.4 is 15.4 Å². The molecule has 0 aliphatic heterocycles. The molecule has 0 bridgehead atoms. The van der Waals surface area contributed by atoms with Crippen molar-refractivity contribution in [3.8, 4) is 5.75 Å². The number of carbonyl (C=O) groups is 1. The molecule has 0 unspecified atom stereocenters. The SMILES string of the molecule is COc1ccccc1NC(=O)NC(C)(C)c1ccc(Cl)c(Cl)c1. The van der Waals surface area contributed by atoms with Crippen molar-refractivity contribution in [2.45, 2.75) is 19.4 Å². The number of amides is 2. The molecule has 23 heavy (non-hydrogen) atoms. The van der Waals surface area contributed by atoms with Crippen LogP contribution in [0.2, 0.25) is 10.0 Å². The molecule has 0 heterocycles. The Morgan fingerprint density at radius 3 is 2.43 bits per heavy atom. The van der Waals surface area contributed by atoms with Crippen LogP contribution in [-0.2, 0) is 5.54 Å². The summed E-state index contributed by atoms with van der Waals surface area (Å²) in [5.74, 6) is 0.593. The first-order valence-corrected chi connectivity index (χ1v) is 7.77. The fourth-order valence-corrected chi connectivity index (χ4v) is 2.44. The van der Waals surface area contributed by atoms with Crippen LogP contribution in [0, 0.1) is 0 Å². The quantitative estimate of drug-likeness (QED) is 0.807. The number of nitrogens with one attached hydrogen (secondary N) is 2. The van der Waals surface area contributed by atoms with Crippen LogP contribution in [-0.4, -0.2) is 13.1 Å². The number of anilines is 1. The second-order valence-corrected chi connectivity index (χ2v) is 6.35. The summed E-state index contributed by atoms with van der Waals surface area (Å²) < 4.78 is 5.22. The summed E-state index contributed by atoms with van der Waals surface area (Å²) in [4.78, 5) is 12.3. The fourth-order valence-electron chi connectivity index (χ4n) is 2.14. The minimum atomic E-state index is -0.625. The van der Waals surface area contributed by atoms with E-state index in [-0.39, 0.29) is 6.03 Å². The van der Waals surface area contributed by atoms with Gasteiger partial charge in [0.2, 0.25) is 0 Å². The lowest BCUT2D eigenvalue weighted by Gasteiger charge is -2.27. The van der Waals surface area contributed by atoms with Crippen molar-refractivity contribution in [1.29, 1.82) is 0 Å². The van der Waals surface area contributed by atoms with E-state index in [1.165, 1.54) is 0 Å². The molecular weight excluding hydrogens is 335 g/mol. The van der Waals surface area contributed by atoms with Gasteiger partial charge < -0.3 is 15.4 Å². The molecular formula is C17H18Cl2N2O2. The lowest BCUT2D eigenvalue weighted by atomic mass is 9.94. The van der Waals surface area contributed by atoms with E-state index in [2.05, 4.69) is 10.6 Å². The average Bonchev–Trinajstić information content (AvgIpc) is 2.49. The van der Waals surface area contributed by atoms with Gasteiger partial charge in [-0.05, 0) is 43.7 Å². The Labute approximate surface area is 145 Å². The molecule has 0 fully saturated rings. The first-order chi connectivity index (χ1) is 10.8. The number of hydrogen-bond acceptors (Lipinski definition) is 2. The highest BCUT2D eigenvalue weighted by atomic mass is 35.5. The van der Waals surface area contributed by atoms with Gasteiger partial charge in [-0.2, -0.15) is 0 Å². The minimum Gasteiger partial charge on any atom is -0.495 e. The summed E-state index contributed by atoms with van der Waals surface area (Å²) in [5.41, 5.74) is 0.819. The topological polar surface area (TPSA) is 50.4 Å². The van der Waals surface area contributed by atoms with Crippen molar-refractivity contribution >= 4 is 34.9 Å². The minimum absolute atomic E-state index is 0.342. The van der Waals surface area contributed by atoms with E-state index in [4.69, 9.17) is 27.9 Å². The smallest absolute Gasteiger partial charge is 0.320 e. The Morgan fingerprint density at radius 2 is 1.78 bits per heavy atom. The van der Waals surface area contributed by atoms with E-state index < -0.39 is 5.54 Å². The van der Waals surface area contributed by atoms with Crippen LogP contribution in [0.3, 0.4) is 0 Å². The normalized spacial score (nSPS) is 11.0. The number of hydrogen-bond donors (Lipinski definition) is 2. The zero-order valence-corrected chi connectivity index (χ0v) is 14.6. The van der Waals surface area contributed by atoms with Gasteiger partial charge in [-0.25, -0.2) is 4.79 Å². The summed E-state index contributed by atoms with van der Waals surface area (Å²) in [6.45, 7) is 3.77. The maximum absolute atomic E-state index is 12.3. The predicted octanol–water partition coefficient (Wildman–Crippen LogP) is 5.06. The fraction of sp³-hybridized carbons (Fsp3) is 0.235. The number of halogens is 2. The van der Waals surface area contributed by atoms with Gasteiger partial charge in [0, 0.05) is 0 Å². The zero-order valence-electron chi connectivity index (χ0n) is 13.1. The van der Waals surface area contributed by atoms with E-state index >= 15 is 0 Å². The molecule has 0 spiro atoms. The maximum atomic E-state index is 12.3. The molecule has 0 aromatic heterocycles. The Morgan fingerprint density at radius 1 is 1.09 bits per heavy atom. The molecule has 2 aromatic carbocycles. The molecule has 0 atom stereocenters. The van der Waals surface area contributed by atoms with Crippen molar-refractivity contribution in [1.82, 2.24) is 5.32 Å². The van der Waals surface area contributed by atoms with Crippen molar-refractivity contribution in [2.75, 3.05) is 12.4 Å². The van der Waals surface area contributed by atoms with Gasteiger partial charge in [0.15, 0.2) is 0 Å². The van der Waals surface area contributed by atoms with Crippen LogP contribution in [0.15, 0.2) is 42.5 Å². The lowest BCUT2D eigenvalue weighted by Crippen LogP contribution is -2.43. The van der Waals surface area contributed by atoms with Gasteiger partial charge in [-0.15, -0.1) is 0 Å². The first kappa shape index (κ1) is 17.4. The van der Waals surface area contributed by atoms with Crippen molar-refractivity contribution in [3.05, 3.63) is 58.1 Å². The van der Waals surface area contributed by atoms with Gasteiger partial charge in [-0.1, -0.05) is 41.4 Å². The van der Waals surface area contributed by atoms with Crippen LogP contribution in [0.4, 0.5) is 10.5 Å². The summed E-state index contributed by atoms with van der Waals surface area (Å²) >= 11 is 12.0. The lowest BCUT2D eigenvalue weighted by molar-refractivity contribution is 0.241. The number of benzene rings is 2. The van der Waals surface area contributed by atoms with E-state index in [1.54, 1.807) is 31.4 Å². The summed E-state index contributed by atoms with van der Waals surface area (Å²) in [6, 6.07) is 12.1. The first-order valence-electron chi connectivity index (χ1n) is 7.01. The molecule has 2 amide bonds. The molecule has 2 aromatic rings. The number of methoxy groups -OCH3 is 1. The summed E-state index contributed by atoms with van der Waals surface area (Å²) in [5, 5.41) is 6.62. The van der Waals surface area contributed by atoms with Crippen molar-refractivity contribution in [2.24, 2.45) is 0 Å². The Hall–Kier alpha value is -1.91. The maximum Gasteiger partial charge on any atom is 0.320 e. The second kappa shape index (κ2) is 7.11. The van der Waals surface area contributed by atoms with Crippen LogP contribution in [0.5, 0.6) is 5.75 Å². The summed E-state index contributed by atoms with van der Waals surface area (Å²) in [7, 11) is 1.55. The molecule has 0 saturated carbocycles. The average molecular weight is 353 g/mol. The van der Waals surface area contributed by atoms with E-state index in [0.717, 1.165) is 5.56 Å². The molecule has 0 aliphatic rings. The third-order valence-electron chi connectivity index (χ3n) is 3.42. The standard InChI is InChI=1S/C17H18Cl2N2O2/c1-17(2,11-8-9-12(18)13(19)10-11)21-16(22)20-14-6-4-5-7-15(14)23-3/h4-10H,1-3H3,(H2,20,21,22). The Kier molecular flexibility index (Phi) is 5.39. The summed E-state index contributed by atoms with van der Waals surface area (Å²) in [6.07, 6.45) is 0. The third kappa shape index (κ3) is 4.30. The second-order valence-electron chi connectivity index (χ2n) is 5.53. The van der Waals surface area contributed by atoms with E-state index in [9.17, 15) is 4.79 Å². The molecule has 2 N–H and O–H groups in total. The highest BCUT2D eigenvalue weighted by molar-refractivity contribution is 6.42. The molecule has 0 radical (unpaired) electrons. The monoisotopic (exact) mass is 352 g/mol. The highest BCUT2D eigenvalue weighted by Gasteiger charge is 2.24. The van der Waals surface area contributed by atoms with Crippen LogP contribution >= 0.6 is 23.2 Å². The van der Waals surface area contributed by atoms with Gasteiger partial charge in [0.25, 0.3) is 0 Å². The zero-order chi connectivity index (χ0) is 17.0. The molecule has 0 saturated heterocycles. The predicted molar refractivity (Wildman–Crippen MR) is 94.6 cm³/mol. The van der Waals surface area contributed by atoms with E-state index in [1.807, 2.05) is 32.0 Å². The largest absolute Gasteiger partial charge is 0.495 e. The number of urea groups is 1. The number of ether oxygens (including phenoxy) is 1. The highest BCUT2D eigenvalue weighted by Crippen LogP contribution is 2.29. The van der Waals surface area contributed by atoms with Crippen molar-refractivity contribution in [3.63, 3.8) is 0 Å². The molecule has 2 rings (SSSR count).